The van der Waals surface area contributed by atoms with E-state index in [9.17, 15) is 31.8 Å². The van der Waals surface area contributed by atoms with E-state index < -0.39 is 31.6 Å². The Morgan fingerprint density at radius 2 is 1.46 bits per heavy atom. The van der Waals surface area contributed by atoms with Crippen LogP contribution in [0.1, 0.15) is 55.2 Å². The van der Waals surface area contributed by atoms with Crippen molar-refractivity contribution in [3.63, 3.8) is 0 Å². The number of nitrogens with one attached hydrogen (secondary N) is 2. The van der Waals surface area contributed by atoms with Gasteiger partial charge in [0.1, 0.15) is 5.82 Å². The first-order valence-corrected chi connectivity index (χ1v) is 28.4. The van der Waals surface area contributed by atoms with Crippen molar-refractivity contribution in [2.24, 2.45) is 0 Å². The summed E-state index contributed by atoms with van der Waals surface area (Å²) in [6.45, 7) is 10.3. The smallest absolute Gasteiger partial charge is 0.338 e. The number of likely N-dealkylation sites (tertiary alicyclic amines) is 1. The van der Waals surface area contributed by atoms with Crippen molar-refractivity contribution < 1.29 is 36.2 Å². The molecule has 18 heteroatoms. The highest BCUT2D eigenvalue weighted by Gasteiger charge is 2.30. The Morgan fingerprint density at radius 1 is 0.817 bits per heavy atom. The van der Waals surface area contributed by atoms with Crippen molar-refractivity contribution in [3.05, 3.63) is 137 Å². The summed E-state index contributed by atoms with van der Waals surface area (Å²) in [5.74, 6) is -0.950. The predicted molar refractivity (Wildman–Crippen MR) is 284 cm³/mol. The molecule has 13 nitrogen and oxygen atoms in total. The molecule has 71 heavy (non-hydrogen) atoms. The minimum Gasteiger partial charge on any atom is -0.478 e. The van der Waals surface area contributed by atoms with Gasteiger partial charge >= 0.3 is 5.97 Å². The lowest BCUT2D eigenvalue weighted by Crippen LogP contribution is -2.46. The van der Waals surface area contributed by atoms with Crippen molar-refractivity contribution in [3.8, 4) is 22.4 Å². The van der Waals surface area contributed by atoms with E-state index in [1.54, 1.807) is 43.0 Å². The summed E-state index contributed by atoms with van der Waals surface area (Å²) in [4.78, 5) is 20.2. The van der Waals surface area contributed by atoms with Crippen LogP contribution in [0.5, 0.6) is 0 Å². The molecule has 4 N–H and O–H groups in total. The number of hydrogen-bond donors (Lipinski definition) is 4. The molecule has 0 unspecified atom stereocenters. The van der Waals surface area contributed by atoms with E-state index in [1.165, 1.54) is 30.3 Å². The first-order chi connectivity index (χ1) is 33.8. The third-order valence-corrected chi connectivity index (χ3v) is 17.1. The fraction of sp³-hybridized carbons (Fsp3) is 0.340. The van der Waals surface area contributed by atoms with Crippen molar-refractivity contribution in [1.29, 1.82) is 0 Å². The number of nitrogens with zero attached hydrogens (tertiary/aromatic N) is 4. The Labute approximate surface area is 425 Å². The number of sulfonamides is 1. The summed E-state index contributed by atoms with van der Waals surface area (Å²) in [5, 5.41) is 24.5. The van der Waals surface area contributed by atoms with Gasteiger partial charge in [-0.3, -0.25) is 4.72 Å². The van der Waals surface area contributed by atoms with E-state index in [2.05, 4.69) is 24.7 Å². The largest absolute Gasteiger partial charge is 0.478 e. The molecule has 0 spiro atoms. The number of aromatic carboxylic acids is 1. The molecule has 376 valence electrons. The van der Waals surface area contributed by atoms with E-state index in [0.29, 0.717) is 95.8 Å². The number of piperazine rings is 1. The predicted octanol–water partition coefficient (Wildman–Crippen LogP) is 10.2. The van der Waals surface area contributed by atoms with Crippen LogP contribution in [-0.4, -0.2) is 112 Å². The molecule has 2 fully saturated rings. The number of carboxylic acid groups (broad SMARTS) is 1. The number of anilines is 4. The zero-order valence-electron chi connectivity index (χ0n) is 40.2. The molecule has 2 aliphatic heterocycles. The van der Waals surface area contributed by atoms with Gasteiger partial charge in [0.15, 0.2) is 9.84 Å². The minimum atomic E-state index is -4.22. The molecule has 0 saturated carbocycles. The highest BCUT2D eigenvalue weighted by atomic mass is 35.5. The van der Waals surface area contributed by atoms with Gasteiger partial charge < -0.3 is 34.8 Å². The van der Waals surface area contributed by atoms with Crippen molar-refractivity contribution in [2.75, 3.05) is 77.7 Å². The fourth-order valence-electron chi connectivity index (χ4n) is 9.57. The number of rotatable bonds is 18. The van der Waals surface area contributed by atoms with Crippen molar-refractivity contribution >= 4 is 71.9 Å². The molecule has 6 aromatic rings. The number of halogens is 2. The molecule has 8 rings (SSSR count). The van der Waals surface area contributed by atoms with Gasteiger partial charge in [-0.2, -0.15) is 0 Å². The second-order valence-electron chi connectivity index (χ2n) is 18.5. The quantitative estimate of drug-likeness (QED) is 0.0604. The Kier molecular flexibility index (Phi) is 16.1. The highest BCUT2D eigenvalue weighted by molar-refractivity contribution is 7.99. The molecule has 2 aliphatic rings. The Hall–Kier alpha value is -5.56. The van der Waals surface area contributed by atoms with E-state index in [-0.39, 0.29) is 33.5 Å². The average Bonchev–Trinajstić information content (AvgIpc) is 3.66. The van der Waals surface area contributed by atoms with Crippen LogP contribution in [0.3, 0.4) is 0 Å². The van der Waals surface area contributed by atoms with Crippen LogP contribution >= 0.6 is 23.4 Å². The van der Waals surface area contributed by atoms with Crippen LogP contribution < -0.4 is 19.8 Å². The number of thioether (sulfide) groups is 1. The van der Waals surface area contributed by atoms with E-state index >= 15 is 4.39 Å². The molecule has 1 aromatic heterocycles. The van der Waals surface area contributed by atoms with E-state index in [0.717, 1.165) is 42.0 Å². The number of sulfone groups is 1. The number of benzene rings is 5. The van der Waals surface area contributed by atoms with E-state index in [1.807, 2.05) is 79.1 Å². The Balaban J connectivity index is 0.951. The average molecular weight is 1040 g/mol. The van der Waals surface area contributed by atoms with Gasteiger partial charge in [-0.05, 0) is 136 Å². The first-order valence-electron chi connectivity index (χ1n) is 23.7. The van der Waals surface area contributed by atoms with Crippen LogP contribution in [-0.2, 0) is 19.9 Å². The normalized spacial score (nSPS) is 15.5. The summed E-state index contributed by atoms with van der Waals surface area (Å²) in [6, 6.07) is 32.7. The summed E-state index contributed by atoms with van der Waals surface area (Å²) < 4.78 is 74.5. The van der Waals surface area contributed by atoms with Crippen LogP contribution in [0.2, 0.25) is 5.02 Å². The van der Waals surface area contributed by atoms with Gasteiger partial charge in [0.05, 0.1) is 32.8 Å². The molecular weight excluding hydrogens is 983 g/mol. The summed E-state index contributed by atoms with van der Waals surface area (Å²) in [5.41, 5.74) is 5.10. The number of piperidine rings is 1. The molecule has 0 bridgehead atoms. The standard InChI is InChI=1S/C53H60ClFN6O7S3/c1-35(2)61-36(3)50(53(63)64)51(52(61)37-10-12-39(54)13-11-37)38-30-40(55)32-44(31-38)60-28-26-59(27-29-60)43-16-14-41(15-17-43)57-71(67,68)47-18-19-48(49(33-47)70(4,65)66)56-42(34-69-46-8-6-5-7-9-46)20-23-58-24-21-45(62)22-25-58/h5-19,30-33,35,42,45,56-57,62H,20-29,34H2,1-4H3,(H,63,64)/t42-/m1/s1. The lowest BCUT2D eigenvalue weighted by atomic mass is 9.96. The number of hydrogen-bond acceptors (Lipinski definition) is 11. The van der Waals surface area contributed by atoms with Gasteiger partial charge in [0.2, 0.25) is 0 Å². The maximum Gasteiger partial charge on any atom is 0.338 e. The lowest BCUT2D eigenvalue weighted by molar-refractivity contribution is 0.0696. The number of carboxylic acids is 1. The minimum absolute atomic E-state index is 0.0921. The maximum absolute atomic E-state index is 15.7. The third kappa shape index (κ3) is 12.4. The van der Waals surface area contributed by atoms with Gasteiger partial charge in [-0.15, -0.1) is 11.8 Å². The molecule has 5 aromatic carbocycles. The van der Waals surface area contributed by atoms with Gasteiger partial charge in [-0.1, -0.05) is 41.9 Å². The third-order valence-electron chi connectivity index (χ3n) is 13.2. The summed E-state index contributed by atoms with van der Waals surface area (Å²) in [7, 11) is -8.09. The molecular formula is C53H60ClFN6O7S3. The molecule has 3 heterocycles. The topological polar surface area (TPSA) is 165 Å². The Bertz CT molecular complexity index is 3070. The van der Waals surface area contributed by atoms with Crippen LogP contribution in [0.25, 0.3) is 22.4 Å². The zero-order valence-corrected chi connectivity index (χ0v) is 43.4. The van der Waals surface area contributed by atoms with Crippen LogP contribution in [0, 0.1) is 12.7 Å². The van der Waals surface area contributed by atoms with E-state index in [4.69, 9.17) is 11.6 Å². The highest BCUT2D eigenvalue weighted by Crippen LogP contribution is 2.43. The lowest BCUT2D eigenvalue weighted by Gasteiger charge is -2.37. The van der Waals surface area contributed by atoms with Crippen molar-refractivity contribution in [1.82, 2.24) is 9.47 Å². The number of aliphatic hydroxyl groups is 1. The fourth-order valence-corrected chi connectivity index (χ4v) is 12.7. The Morgan fingerprint density at radius 3 is 2.08 bits per heavy atom. The van der Waals surface area contributed by atoms with Gasteiger partial charge in [-0.25, -0.2) is 26.0 Å². The maximum atomic E-state index is 15.7. The molecule has 0 aliphatic carbocycles. The van der Waals surface area contributed by atoms with Crippen LogP contribution in [0.4, 0.5) is 27.1 Å². The summed E-state index contributed by atoms with van der Waals surface area (Å²) >= 11 is 7.89. The second kappa shape index (κ2) is 22.1. The first kappa shape index (κ1) is 51.8. The summed E-state index contributed by atoms with van der Waals surface area (Å²) in [6.07, 6.45) is 2.92. The second-order valence-corrected chi connectivity index (χ2v) is 23.7. The molecule has 0 amide bonds. The molecule has 1 atom stereocenters. The molecule has 2 saturated heterocycles. The number of aromatic nitrogens is 1. The zero-order chi connectivity index (χ0) is 50.6. The van der Waals surface area contributed by atoms with Crippen molar-refractivity contribution in [2.45, 2.75) is 72.9 Å². The number of carbonyl (C=O) groups is 1. The van der Waals surface area contributed by atoms with Gasteiger partial charge in [0, 0.05) is 108 Å². The SMILES string of the molecule is Cc1c(C(=O)O)c(-c2cc(F)cc(N3CCN(c4ccc(NS(=O)(=O)c5ccc(N[C@H](CCN6CCC(O)CC6)CSc6ccccc6)c(S(C)(=O)=O)c5)cc4)CC3)c2)c(-c2ccc(Cl)cc2)n1C(C)C. The monoisotopic (exact) mass is 1040 g/mol. The molecule has 0 radical (unpaired) electrons. The van der Waals surface area contributed by atoms with Crippen LogP contribution in [0.15, 0.2) is 130 Å². The van der Waals surface area contributed by atoms with Gasteiger partial charge in [0.25, 0.3) is 10.0 Å². The number of aliphatic hydroxyl groups excluding tert-OH is 1.